The molecule has 6 nitrogen and oxygen atoms in total. The lowest BCUT2D eigenvalue weighted by Gasteiger charge is -2.34. The molecule has 1 heterocycles. The molecule has 24 heavy (non-hydrogen) atoms. The van der Waals surface area contributed by atoms with Crippen molar-refractivity contribution in [1.82, 2.24) is 15.1 Å². The maximum absolute atomic E-state index is 12.2. The predicted octanol–water partition coefficient (Wildman–Crippen LogP) is 1.31. The first kappa shape index (κ1) is 18.5. The number of hydrogen-bond donors (Lipinski definition) is 1. The predicted molar refractivity (Wildman–Crippen MR) is 93.4 cm³/mol. The molecule has 7 heteroatoms. The van der Waals surface area contributed by atoms with Crippen molar-refractivity contribution in [3.63, 3.8) is 0 Å². The molecular formula is C17H24ClN3O3. The van der Waals surface area contributed by atoms with Crippen LogP contribution >= 0.6 is 11.6 Å². The van der Waals surface area contributed by atoms with Gasteiger partial charge < -0.3 is 15.0 Å². The minimum Gasteiger partial charge on any atom is -0.484 e. The van der Waals surface area contributed by atoms with Gasteiger partial charge in [0.2, 0.25) is 5.91 Å². The zero-order chi connectivity index (χ0) is 17.5. The summed E-state index contributed by atoms with van der Waals surface area (Å²) < 4.78 is 5.55. The summed E-state index contributed by atoms with van der Waals surface area (Å²) in [6.45, 7) is 7.45. The Morgan fingerprint density at radius 1 is 1.25 bits per heavy atom. The molecule has 1 N–H and O–H groups in total. The second kappa shape index (κ2) is 8.89. The van der Waals surface area contributed by atoms with Gasteiger partial charge in [0.1, 0.15) is 5.75 Å². The number of ether oxygens (including phenoxy) is 1. The summed E-state index contributed by atoms with van der Waals surface area (Å²) >= 11 is 5.97. The molecule has 1 aromatic rings. The van der Waals surface area contributed by atoms with Gasteiger partial charge in [-0.3, -0.25) is 14.5 Å². The maximum Gasteiger partial charge on any atom is 0.260 e. The van der Waals surface area contributed by atoms with Gasteiger partial charge in [-0.05, 0) is 37.6 Å². The van der Waals surface area contributed by atoms with Gasteiger partial charge in [-0.1, -0.05) is 11.6 Å². The summed E-state index contributed by atoms with van der Waals surface area (Å²) in [4.78, 5) is 27.6. The first-order valence-corrected chi connectivity index (χ1v) is 8.53. The highest BCUT2D eigenvalue weighted by Crippen LogP contribution is 2.21. The van der Waals surface area contributed by atoms with Gasteiger partial charge in [0.25, 0.3) is 5.91 Å². The summed E-state index contributed by atoms with van der Waals surface area (Å²) in [6.07, 6.45) is 0. The first-order chi connectivity index (χ1) is 11.5. The Kier molecular flexibility index (Phi) is 6.87. The number of nitrogens with zero attached hydrogens (tertiary/aromatic N) is 2. The second-order valence-corrected chi connectivity index (χ2v) is 6.22. The number of amides is 2. The molecule has 0 bridgehead atoms. The lowest BCUT2D eigenvalue weighted by atomic mass is 10.2. The molecule has 0 aromatic heterocycles. The third-order valence-corrected chi connectivity index (χ3v) is 4.38. The van der Waals surface area contributed by atoms with Gasteiger partial charge >= 0.3 is 0 Å². The molecule has 0 aliphatic carbocycles. The summed E-state index contributed by atoms with van der Waals surface area (Å²) in [6, 6.07) is 5.34. The van der Waals surface area contributed by atoms with Crippen LogP contribution < -0.4 is 10.1 Å². The lowest BCUT2D eigenvalue weighted by molar-refractivity contribution is -0.135. The van der Waals surface area contributed by atoms with Crippen molar-refractivity contribution in [2.45, 2.75) is 13.8 Å². The fourth-order valence-corrected chi connectivity index (χ4v) is 2.67. The number of carbonyl (C=O) groups excluding carboxylic acids is 2. The molecule has 0 saturated carbocycles. The van der Waals surface area contributed by atoms with E-state index in [2.05, 4.69) is 10.2 Å². The number of nitrogens with one attached hydrogen (secondary N) is 1. The van der Waals surface area contributed by atoms with Crippen molar-refractivity contribution in [2.24, 2.45) is 0 Å². The van der Waals surface area contributed by atoms with E-state index in [1.807, 2.05) is 19.9 Å². The molecule has 0 atom stereocenters. The van der Waals surface area contributed by atoms with E-state index in [1.54, 1.807) is 17.0 Å². The third kappa shape index (κ3) is 5.39. The Hall–Kier alpha value is -1.79. The SMILES string of the molecule is CCNC(=O)CN1CCN(C(=O)COc2ccc(Cl)c(C)c2)CC1. The number of halogens is 1. The van der Waals surface area contributed by atoms with Gasteiger partial charge in [0.15, 0.2) is 6.61 Å². The lowest BCUT2D eigenvalue weighted by Crippen LogP contribution is -2.52. The summed E-state index contributed by atoms with van der Waals surface area (Å²) in [5.41, 5.74) is 0.917. The number of benzene rings is 1. The van der Waals surface area contributed by atoms with Crippen molar-refractivity contribution in [1.29, 1.82) is 0 Å². The third-order valence-electron chi connectivity index (χ3n) is 3.96. The van der Waals surface area contributed by atoms with Crippen LogP contribution in [0.1, 0.15) is 12.5 Å². The molecule has 1 fully saturated rings. The molecule has 0 unspecified atom stereocenters. The van der Waals surface area contributed by atoms with E-state index < -0.39 is 0 Å². The molecule has 1 saturated heterocycles. The Labute approximate surface area is 147 Å². The summed E-state index contributed by atoms with van der Waals surface area (Å²) in [5, 5.41) is 3.46. The van der Waals surface area contributed by atoms with E-state index >= 15 is 0 Å². The van der Waals surface area contributed by atoms with Crippen LogP contribution in [0.4, 0.5) is 0 Å². The van der Waals surface area contributed by atoms with Crippen LogP contribution in [0.2, 0.25) is 5.02 Å². The van der Waals surface area contributed by atoms with E-state index in [4.69, 9.17) is 16.3 Å². The first-order valence-electron chi connectivity index (χ1n) is 8.15. The Morgan fingerprint density at radius 3 is 2.58 bits per heavy atom. The molecule has 1 aromatic carbocycles. The Morgan fingerprint density at radius 2 is 1.96 bits per heavy atom. The standard InChI is InChI=1S/C17H24ClN3O3/c1-3-19-16(22)11-20-6-8-21(9-7-20)17(23)12-24-14-4-5-15(18)13(2)10-14/h4-5,10H,3,6-9,11-12H2,1-2H3,(H,19,22). The zero-order valence-electron chi connectivity index (χ0n) is 14.2. The van der Waals surface area contributed by atoms with E-state index in [1.165, 1.54) is 0 Å². The number of likely N-dealkylation sites (N-methyl/N-ethyl adjacent to an activating group) is 1. The number of rotatable bonds is 6. The fraction of sp³-hybridized carbons (Fsp3) is 0.529. The monoisotopic (exact) mass is 353 g/mol. The number of carbonyl (C=O) groups is 2. The largest absolute Gasteiger partial charge is 0.484 e. The molecule has 2 rings (SSSR count). The molecular weight excluding hydrogens is 330 g/mol. The van der Waals surface area contributed by atoms with E-state index in [9.17, 15) is 9.59 Å². The fourth-order valence-electron chi connectivity index (χ4n) is 2.55. The van der Waals surface area contributed by atoms with Crippen LogP contribution in [0.3, 0.4) is 0 Å². The maximum atomic E-state index is 12.2. The van der Waals surface area contributed by atoms with Crippen molar-refractivity contribution in [3.8, 4) is 5.75 Å². The van der Waals surface area contributed by atoms with Crippen LogP contribution in [-0.2, 0) is 9.59 Å². The van der Waals surface area contributed by atoms with Gasteiger partial charge in [-0.25, -0.2) is 0 Å². The van der Waals surface area contributed by atoms with Gasteiger partial charge in [0.05, 0.1) is 6.54 Å². The number of hydrogen-bond acceptors (Lipinski definition) is 4. The van der Waals surface area contributed by atoms with Crippen LogP contribution in [0.5, 0.6) is 5.75 Å². The highest BCUT2D eigenvalue weighted by atomic mass is 35.5. The highest BCUT2D eigenvalue weighted by Gasteiger charge is 2.22. The van der Waals surface area contributed by atoms with Crippen molar-refractivity contribution in [3.05, 3.63) is 28.8 Å². The molecule has 2 amide bonds. The molecule has 0 spiro atoms. The Bertz CT molecular complexity index is 586. The topological polar surface area (TPSA) is 61.9 Å². The van der Waals surface area contributed by atoms with Gasteiger partial charge in [-0.2, -0.15) is 0 Å². The molecule has 1 aliphatic heterocycles. The summed E-state index contributed by atoms with van der Waals surface area (Å²) in [5.74, 6) is 0.624. The molecule has 132 valence electrons. The van der Waals surface area contributed by atoms with Crippen LogP contribution in [0.25, 0.3) is 0 Å². The van der Waals surface area contributed by atoms with Crippen molar-refractivity contribution in [2.75, 3.05) is 45.9 Å². The van der Waals surface area contributed by atoms with Crippen LogP contribution in [0, 0.1) is 6.92 Å². The smallest absolute Gasteiger partial charge is 0.260 e. The second-order valence-electron chi connectivity index (χ2n) is 5.81. The van der Waals surface area contributed by atoms with E-state index in [-0.39, 0.29) is 18.4 Å². The zero-order valence-corrected chi connectivity index (χ0v) is 14.9. The highest BCUT2D eigenvalue weighted by molar-refractivity contribution is 6.31. The molecule has 1 aliphatic rings. The molecule has 0 radical (unpaired) electrons. The van der Waals surface area contributed by atoms with E-state index in [0.29, 0.717) is 50.0 Å². The van der Waals surface area contributed by atoms with Crippen LogP contribution in [-0.4, -0.2) is 67.5 Å². The number of piperazine rings is 1. The average Bonchev–Trinajstić information content (AvgIpc) is 2.56. The van der Waals surface area contributed by atoms with Crippen molar-refractivity contribution >= 4 is 23.4 Å². The van der Waals surface area contributed by atoms with Crippen molar-refractivity contribution < 1.29 is 14.3 Å². The minimum absolute atomic E-state index is 0.0113. The van der Waals surface area contributed by atoms with E-state index in [0.717, 1.165) is 5.56 Å². The normalized spacial score (nSPS) is 15.2. The van der Waals surface area contributed by atoms with Gasteiger partial charge in [-0.15, -0.1) is 0 Å². The van der Waals surface area contributed by atoms with Gasteiger partial charge in [0, 0.05) is 37.7 Å². The average molecular weight is 354 g/mol. The number of aryl methyl sites for hydroxylation is 1. The Balaban J connectivity index is 1.74. The summed E-state index contributed by atoms with van der Waals surface area (Å²) in [7, 11) is 0. The van der Waals surface area contributed by atoms with Crippen LogP contribution in [0.15, 0.2) is 18.2 Å². The quantitative estimate of drug-likeness (QED) is 0.837. The minimum atomic E-state index is -0.0414.